The molecule has 1 heterocycles. The number of benzene rings is 1. The standard InChI is InChI=1S/C29H44BNO5S/c1-11-29(9,10)36-30(34-12-2)21-15-13-20(14-16-21)19-22(26(33)35-28(6,7)8)31-25(32)23-17-18-24(37-23)27(3,4)5/h13-18,22H,11-12,19H2,1-10H3,(H,31,32)/t22-/m0/s1. The average molecular weight is 530 g/mol. The fraction of sp³-hybridized carbons (Fsp3) is 0.586. The lowest BCUT2D eigenvalue weighted by atomic mass is 9.77. The van der Waals surface area contributed by atoms with Gasteiger partial charge in [0.15, 0.2) is 0 Å². The molecule has 0 aliphatic heterocycles. The lowest BCUT2D eigenvalue weighted by molar-refractivity contribution is -0.157. The minimum atomic E-state index is -0.823. The molecule has 2 aromatic rings. The van der Waals surface area contributed by atoms with Crippen LogP contribution in [0.4, 0.5) is 0 Å². The summed E-state index contributed by atoms with van der Waals surface area (Å²) in [5.74, 6) is -0.739. The molecular weight excluding hydrogens is 485 g/mol. The summed E-state index contributed by atoms with van der Waals surface area (Å²) in [4.78, 5) is 27.8. The number of hydrogen-bond acceptors (Lipinski definition) is 6. The molecule has 0 aliphatic rings. The minimum absolute atomic E-state index is 0.0507. The summed E-state index contributed by atoms with van der Waals surface area (Å²) in [5.41, 5.74) is 0.759. The zero-order valence-electron chi connectivity index (χ0n) is 24.2. The maximum absolute atomic E-state index is 13.1. The molecular formula is C29H44BNO5S. The van der Waals surface area contributed by atoms with Crippen LogP contribution in [0.2, 0.25) is 0 Å². The van der Waals surface area contributed by atoms with Crippen molar-refractivity contribution in [2.45, 2.75) is 105 Å². The van der Waals surface area contributed by atoms with Crippen molar-refractivity contribution in [2.75, 3.05) is 6.61 Å². The Morgan fingerprint density at radius 3 is 2.05 bits per heavy atom. The van der Waals surface area contributed by atoms with Crippen molar-refractivity contribution >= 4 is 35.8 Å². The SMILES string of the molecule is CCOB(OC(C)(C)CC)c1ccc(C[C@H](NC(=O)c2ccc(C(C)(C)C)s2)C(=O)OC(C)(C)C)cc1. The van der Waals surface area contributed by atoms with Gasteiger partial charge in [0.05, 0.1) is 4.88 Å². The van der Waals surface area contributed by atoms with Crippen LogP contribution in [0.25, 0.3) is 0 Å². The third kappa shape index (κ3) is 9.91. The van der Waals surface area contributed by atoms with Crippen molar-refractivity contribution in [3.05, 3.63) is 51.7 Å². The summed E-state index contributed by atoms with van der Waals surface area (Å²) in [5, 5.41) is 2.91. The van der Waals surface area contributed by atoms with Crippen molar-refractivity contribution in [1.29, 1.82) is 0 Å². The van der Waals surface area contributed by atoms with Gasteiger partial charge in [-0.05, 0) is 76.5 Å². The molecule has 0 unspecified atom stereocenters. The summed E-state index contributed by atoms with van der Waals surface area (Å²) in [7, 11) is -0.480. The molecule has 0 radical (unpaired) electrons. The van der Waals surface area contributed by atoms with Crippen LogP contribution in [-0.2, 0) is 30.7 Å². The number of carbonyl (C=O) groups excluding carboxylic acids is 2. The molecule has 0 saturated heterocycles. The van der Waals surface area contributed by atoms with Gasteiger partial charge in [-0.2, -0.15) is 0 Å². The molecule has 8 heteroatoms. The zero-order chi connectivity index (χ0) is 28.0. The fourth-order valence-electron chi connectivity index (χ4n) is 3.43. The molecule has 0 saturated carbocycles. The van der Waals surface area contributed by atoms with Crippen LogP contribution in [0.15, 0.2) is 36.4 Å². The number of rotatable bonds is 11. The second-order valence-corrected chi connectivity index (χ2v) is 13.0. The molecule has 1 aromatic heterocycles. The first-order valence-corrected chi connectivity index (χ1v) is 13.9. The number of nitrogens with one attached hydrogen (secondary N) is 1. The Kier molecular flexibility index (Phi) is 10.6. The Morgan fingerprint density at radius 2 is 1.57 bits per heavy atom. The fourth-order valence-corrected chi connectivity index (χ4v) is 4.39. The number of hydrogen-bond donors (Lipinski definition) is 1. The highest BCUT2D eigenvalue weighted by atomic mass is 32.1. The van der Waals surface area contributed by atoms with Gasteiger partial charge in [0.1, 0.15) is 11.6 Å². The van der Waals surface area contributed by atoms with Crippen molar-refractivity contribution in [1.82, 2.24) is 5.32 Å². The van der Waals surface area contributed by atoms with Gasteiger partial charge in [-0.3, -0.25) is 4.79 Å². The minimum Gasteiger partial charge on any atom is -0.458 e. The first-order valence-electron chi connectivity index (χ1n) is 13.1. The molecule has 0 spiro atoms. The number of thiophene rings is 1. The van der Waals surface area contributed by atoms with E-state index in [1.165, 1.54) is 11.3 Å². The zero-order valence-corrected chi connectivity index (χ0v) is 25.0. The van der Waals surface area contributed by atoms with Crippen LogP contribution >= 0.6 is 11.3 Å². The Balaban J connectivity index is 2.24. The lowest BCUT2D eigenvalue weighted by Crippen LogP contribution is -2.45. The van der Waals surface area contributed by atoms with Crippen LogP contribution in [0, 0.1) is 0 Å². The molecule has 0 aliphatic carbocycles. The van der Waals surface area contributed by atoms with Gasteiger partial charge in [-0.15, -0.1) is 11.3 Å². The number of ether oxygens (including phenoxy) is 1. The van der Waals surface area contributed by atoms with Crippen LogP contribution in [0.3, 0.4) is 0 Å². The molecule has 1 amide bonds. The van der Waals surface area contributed by atoms with E-state index >= 15 is 0 Å². The highest BCUT2D eigenvalue weighted by molar-refractivity contribution is 7.14. The molecule has 2 rings (SSSR count). The topological polar surface area (TPSA) is 73.9 Å². The first-order chi connectivity index (χ1) is 17.0. The second kappa shape index (κ2) is 12.6. The molecule has 6 nitrogen and oxygen atoms in total. The lowest BCUT2D eigenvalue weighted by Gasteiger charge is -2.28. The summed E-state index contributed by atoms with van der Waals surface area (Å²) in [6.45, 7) is 20.4. The third-order valence-electron chi connectivity index (χ3n) is 5.85. The Labute approximate surface area is 227 Å². The molecule has 1 atom stereocenters. The molecule has 204 valence electrons. The van der Waals surface area contributed by atoms with Gasteiger partial charge in [0.25, 0.3) is 5.91 Å². The van der Waals surface area contributed by atoms with Gasteiger partial charge >= 0.3 is 13.1 Å². The summed E-state index contributed by atoms with van der Waals surface area (Å²) in [6, 6.07) is 10.7. The van der Waals surface area contributed by atoms with E-state index < -0.39 is 24.7 Å². The van der Waals surface area contributed by atoms with Crippen LogP contribution < -0.4 is 10.8 Å². The van der Waals surface area contributed by atoms with E-state index in [1.807, 2.05) is 77.9 Å². The van der Waals surface area contributed by atoms with Gasteiger partial charge in [-0.25, -0.2) is 4.79 Å². The van der Waals surface area contributed by atoms with Crippen molar-refractivity contribution < 1.29 is 23.6 Å². The van der Waals surface area contributed by atoms with Gasteiger partial charge in [-0.1, -0.05) is 52.0 Å². The van der Waals surface area contributed by atoms with Crippen LogP contribution in [-0.4, -0.2) is 42.8 Å². The molecule has 0 bridgehead atoms. The maximum atomic E-state index is 13.1. The van der Waals surface area contributed by atoms with E-state index in [2.05, 4.69) is 33.0 Å². The van der Waals surface area contributed by atoms with E-state index in [0.29, 0.717) is 17.9 Å². The predicted octanol–water partition coefficient (Wildman–Crippen LogP) is 5.67. The normalized spacial score (nSPS) is 13.2. The first kappa shape index (κ1) is 31.1. The highest BCUT2D eigenvalue weighted by Crippen LogP contribution is 2.29. The van der Waals surface area contributed by atoms with E-state index in [0.717, 1.165) is 22.3 Å². The summed E-state index contributed by atoms with van der Waals surface area (Å²) < 4.78 is 17.7. The average Bonchev–Trinajstić information content (AvgIpc) is 3.29. The van der Waals surface area contributed by atoms with Gasteiger partial charge in [0, 0.05) is 23.5 Å². The quantitative estimate of drug-likeness (QED) is 0.300. The van der Waals surface area contributed by atoms with Crippen molar-refractivity contribution in [3.63, 3.8) is 0 Å². The Hall–Kier alpha value is -2.16. The van der Waals surface area contributed by atoms with E-state index in [4.69, 9.17) is 14.0 Å². The van der Waals surface area contributed by atoms with E-state index in [-0.39, 0.29) is 16.9 Å². The summed E-state index contributed by atoms with van der Waals surface area (Å²) in [6.07, 6.45) is 1.16. The van der Waals surface area contributed by atoms with Gasteiger partial charge < -0.3 is 19.4 Å². The third-order valence-corrected chi connectivity index (χ3v) is 7.36. The number of carbonyl (C=O) groups is 2. The van der Waals surface area contributed by atoms with Gasteiger partial charge in [0.2, 0.25) is 0 Å². The smallest absolute Gasteiger partial charge is 0.458 e. The molecule has 0 fully saturated rings. The molecule has 1 N–H and O–H groups in total. The Bertz CT molecular complexity index is 1030. The number of esters is 1. The molecule has 1 aromatic carbocycles. The van der Waals surface area contributed by atoms with Crippen LogP contribution in [0.1, 0.15) is 95.8 Å². The Morgan fingerprint density at radius 1 is 0.946 bits per heavy atom. The maximum Gasteiger partial charge on any atom is 0.494 e. The summed E-state index contributed by atoms with van der Waals surface area (Å²) >= 11 is 1.45. The highest BCUT2D eigenvalue weighted by Gasteiger charge is 2.31. The van der Waals surface area contributed by atoms with E-state index in [1.54, 1.807) is 0 Å². The van der Waals surface area contributed by atoms with E-state index in [9.17, 15) is 9.59 Å². The largest absolute Gasteiger partial charge is 0.494 e. The van der Waals surface area contributed by atoms with Crippen molar-refractivity contribution in [2.24, 2.45) is 0 Å². The molecule has 37 heavy (non-hydrogen) atoms. The monoisotopic (exact) mass is 529 g/mol. The predicted molar refractivity (Wildman–Crippen MR) is 153 cm³/mol. The number of amides is 1. The van der Waals surface area contributed by atoms with Crippen LogP contribution in [0.5, 0.6) is 0 Å². The second-order valence-electron chi connectivity index (χ2n) is 11.9. The van der Waals surface area contributed by atoms with Crippen molar-refractivity contribution in [3.8, 4) is 0 Å².